The number of anilines is 1. The van der Waals surface area contributed by atoms with Gasteiger partial charge >= 0.3 is 0 Å². The van der Waals surface area contributed by atoms with Gasteiger partial charge in [0, 0.05) is 57.4 Å². The highest BCUT2D eigenvalue weighted by atomic mass is 35.5. The summed E-state index contributed by atoms with van der Waals surface area (Å²) in [6.45, 7) is 7.49. The number of aryl methyl sites for hydroxylation is 1. The highest BCUT2D eigenvalue weighted by molar-refractivity contribution is 7.86. The summed E-state index contributed by atoms with van der Waals surface area (Å²) in [6.07, 6.45) is 1.19. The van der Waals surface area contributed by atoms with Crippen LogP contribution in [0.15, 0.2) is 12.4 Å². The van der Waals surface area contributed by atoms with E-state index in [1.165, 1.54) is 29.0 Å². The fraction of sp³-hybridized carbons (Fsp3) is 0.500. The van der Waals surface area contributed by atoms with Gasteiger partial charge in [0.2, 0.25) is 0 Å². The van der Waals surface area contributed by atoms with Crippen LogP contribution in [0.2, 0.25) is 5.02 Å². The van der Waals surface area contributed by atoms with Crippen molar-refractivity contribution >= 4 is 38.7 Å². The Labute approximate surface area is 226 Å². The summed E-state index contributed by atoms with van der Waals surface area (Å²) in [5.74, 6) is 0.947. The number of ether oxygens (including phenoxy) is 1. The van der Waals surface area contributed by atoms with Crippen molar-refractivity contribution in [2.75, 3.05) is 39.5 Å². The Morgan fingerprint density at radius 3 is 2.66 bits per heavy atom. The minimum Gasteiger partial charge on any atom is -0.489 e. The SMILES string of the molecule is Cc1nn(C(C)c2cc(Cl)c(C#N)c3c2OC(C)CN(C2CN(S(=O)(=O)N(C)C)C2)C3)c2ncnc(N)c12. The molecule has 0 saturated carbocycles. The second kappa shape index (κ2) is 9.62. The van der Waals surface area contributed by atoms with Crippen molar-refractivity contribution in [2.45, 2.75) is 45.5 Å². The van der Waals surface area contributed by atoms with Gasteiger partial charge in [0.1, 0.15) is 30.1 Å². The van der Waals surface area contributed by atoms with E-state index < -0.39 is 10.2 Å². The largest absolute Gasteiger partial charge is 0.489 e. The number of hydrogen-bond acceptors (Lipinski definition) is 9. The molecule has 14 heteroatoms. The quantitative estimate of drug-likeness (QED) is 0.495. The van der Waals surface area contributed by atoms with Crippen molar-refractivity contribution < 1.29 is 13.2 Å². The van der Waals surface area contributed by atoms with Crippen LogP contribution in [0, 0.1) is 18.3 Å². The van der Waals surface area contributed by atoms with E-state index in [9.17, 15) is 13.7 Å². The smallest absolute Gasteiger partial charge is 0.281 e. The Morgan fingerprint density at radius 1 is 1.29 bits per heavy atom. The van der Waals surface area contributed by atoms with Crippen LogP contribution in [0.5, 0.6) is 5.75 Å². The highest BCUT2D eigenvalue weighted by Crippen LogP contribution is 2.41. The Balaban J connectivity index is 1.54. The van der Waals surface area contributed by atoms with Crippen LogP contribution in [-0.2, 0) is 16.8 Å². The lowest BCUT2D eigenvalue weighted by atomic mass is 9.97. The van der Waals surface area contributed by atoms with Gasteiger partial charge in [-0.1, -0.05) is 11.6 Å². The first-order valence-corrected chi connectivity index (χ1v) is 14.0. The van der Waals surface area contributed by atoms with Gasteiger partial charge in [0.15, 0.2) is 5.65 Å². The molecule has 1 saturated heterocycles. The van der Waals surface area contributed by atoms with Crippen LogP contribution in [-0.4, -0.2) is 87.6 Å². The van der Waals surface area contributed by atoms with Crippen LogP contribution in [0.25, 0.3) is 11.0 Å². The lowest BCUT2D eigenvalue weighted by Crippen LogP contribution is -2.63. The zero-order chi connectivity index (χ0) is 27.5. The van der Waals surface area contributed by atoms with Crippen LogP contribution in [0.3, 0.4) is 0 Å². The molecule has 202 valence electrons. The second-order valence-electron chi connectivity index (χ2n) is 10.0. The molecule has 1 aromatic carbocycles. The lowest BCUT2D eigenvalue weighted by molar-refractivity contribution is 0.0563. The predicted octanol–water partition coefficient (Wildman–Crippen LogP) is 1.92. The Kier molecular flexibility index (Phi) is 6.73. The van der Waals surface area contributed by atoms with Crippen molar-refractivity contribution in [3.63, 3.8) is 0 Å². The molecule has 2 unspecified atom stereocenters. The zero-order valence-corrected chi connectivity index (χ0v) is 23.5. The van der Waals surface area contributed by atoms with Gasteiger partial charge in [-0.15, -0.1) is 0 Å². The number of nitriles is 1. The Hall–Kier alpha value is -3.02. The van der Waals surface area contributed by atoms with E-state index in [1.807, 2.05) is 20.8 Å². The monoisotopic (exact) mass is 559 g/mol. The summed E-state index contributed by atoms with van der Waals surface area (Å²) < 4.78 is 35.9. The topological polar surface area (TPSA) is 146 Å². The molecule has 2 aromatic heterocycles. The Bertz CT molecular complexity index is 1560. The van der Waals surface area contributed by atoms with Crippen LogP contribution in [0.4, 0.5) is 5.82 Å². The first-order chi connectivity index (χ1) is 17.9. The second-order valence-corrected chi connectivity index (χ2v) is 12.6. The Morgan fingerprint density at radius 2 is 2.00 bits per heavy atom. The molecular weight excluding hydrogens is 530 g/mol. The molecule has 4 heterocycles. The number of nitrogen functional groups attached to an aromatic ring is 1. The van der Waals surface area contributed by atoms with Crippen molar-refractivity contribution in [2.24, 2.45) is 0 Å². The van der Waals surface area contributed by atoms with E-state index in [0.717, 1.165) is 5.56 Å². The number of benzene rings is 1. The third-order valence-electron chi connectivity index (χ3n) is 7.29. The molecule has 12 nitrogen and oxygen atoms in total. The molecule has 2 N–H and O–H groups in total. The molecule has 0 bridgehead atoms. The van der Waals surface area contributed by atoms with Crippen LogP contribution < -0.4 is 10.5 Å². The number of rotatable bonds is 5. The van der Waals surface area contributed by atoms with Crippen LogP contribution in [0.1, 0.15) is 42.3 Å². The van der Waals surface area contributed by atoms with Crippen molar-refractivity contribution in [3.05, 3.63) is 39.8 Å². The van der Waals surface area contributed by atoms with Gasteiger partial charge < -0.3 is 10.5 Å². The van der Waals surface area contributed by atoms with Gasteiger partial charge in [-0.05, 0) is 26.8 Å². The molecule has 1 fully saturated rings. The molecule has 0 radical (unpaired) electrons. The van der Waals surface area contributed by atoms with Crippen LogP contribution >= 0.6 is 11.6 Å². The minimum absolute atomic E-state index is 0.00879. The maximum Gasteiger partial charge on any atom is 0.281 e. The summed E-state index contributed by atoms with van der Waals surface area (Å²) >= 11 is 6.66. The van der Waals surface area contributed by atoms with Gasteiger partial charge in [-0.25, -0.2) is 14.6 Å². The van der Waals surface area contributed by atoms with E-state index in [1.54, 1.807) is 10.7 Å². The zero-order valence-electron chi connectivity index (χ0n) is 21.9. The number of halogens is 1. The van der Waals surface area contributed by atoms with Gasteiger partial charge in [-0.3, -0.25) is 4.90 Å². The molecule has 0 aliphatic carbocycles. The third-order valence-corrected chi connectivity index (χ3v) is 9.46. The minimum atomic E-state index is -3.48. The fourth-order valence-electron chi connectivity index (χ4n) is 5.18. The number of hydrogen-bond donors (Lipinski definition) is 1. The summed E-state index contributed by atoms with van der Waals surface area (Å²) in [6, 6.07) is 3.65. The summed E-state index contributed by atoms with van der Waals surface area (Å²) in [4.78, 5) is 10.7. The third kappa shape index (κ3) is 4.26. The van der Waals surface area contributed by atoms with E-state index in [0.29, 0.717) is 70.6 Å². The van der Waals surface area contributed by atoms with Crippen molar-refractivity contribution in [1.82, 2.24) is 33.3 Å². The molecule has 2 atom stereocenters. The summed E-state index contributed by atoms with van der Waals surface area (Å²) in [7, 11) is -0.430. The summed E-state index contributed by atoms with van der Waals surface area (Å²) in [5.41, 5.74) is 9.20. The van der Waals surface area contributed by atoms with Gasteiger partial charge in [0.05, 0.1) is 27.7 Å². The number of aromatic nitrogens is 4. The van der Waals surface area contributed by atoms with E-state index in [2.05, 4.69) is 20.9 Å². The number of nitrogens with zero attached hydrogens (tertiary/aromatic N) is 8. The maximum atomic E-state index is 12.5. The predicted molar refractivity (Wildman–Crippen MR) is 143 cm³/mol. The average Bonchev–Trinajstić information content (AvgIpc) is 3.06. The lowest BCUT2D eigenvalue weighted by Gasteiger charge is -2.45. The summed E-state index contributed by atoms with van der Waals surface area (Å²) in [5, 5.41) is 15.7. The number of fused-ring (bicyclic) bond motifs is 2. The molecule has 3 aromatic rings. The molecule has 5 rings (SSSR count). The fourth-order valence-corrected chi connectivity index (χ4v) is 6.64. The molecule has 0 amide bonds. The molecule has 0 spiro atoms. The maximum absolute atomic E-state index is 12.5. The van der Waals surface area contributed by atoms with Crippen molar-refractivity contribution in [1.29, 1.82) is 5.26 Å². The highest BCUT2D eigenvalue weighted by Gasteiger charge is 2.42. The van der Waals surface area contributed by atoms with E-state index in [4.69, 9.17) is 27.2 Å². The van der Waals surface area contributed by atoms with Crippen molar-refractivity contribution in [3.8, 4) is 11.8 Å². The molecule has 38 heavy (non-hydrogen) atoms. The first-order valence-electron chi connectivity index (χ1n) is 12.2. The normalized spacial score (nSPS) is 20.0. The standard InChI is InChI=1S/C24H30ClN9O3S/c1-13-8-32(16-9-33(10-16)38(35,36)31(4)5)11-19-18(7-26)20(25)6-17(22(19)37-13)15(3)34-24-21(14(2)30-34)23(27)28-12-29-24/h6,12-13,15-16H,8-11H2,1-5H3,(H2,27,28,29). The van der Waals surface area contributed by atoms with E-state index in [-0.39, 0.29) is 18.2 Å². The number of nitrogens with two attached hydrogens (primary N) is 1. The first kappa shape index (κ1) is 26.6. The average molecular weight is 560 g/mol. The van der Waals surface area contributed by atoms with Gasteiger partial charge in [0.25, 0.3) is 10.2 Å². The van der Waals surface area contributed by atoms with E-state index >= 15 is 0 Å². The van der Waals surface area contributed by atoms with Gasteiger partial charge in [-0.2, -0.15) is 27.4 Å². The molecule has 2 aliphatic heterocycles. The molecular formula is C24H30ClN9O3S. The molecule has 2 aliphatic rings.